The maximum absolute atomic E-state index is 13.6. The molecular weight excluding hydrogens is 563 g/mol. The monoisotopic (exact) mass is 608 g/mol. The van der Waals surface area contributed by atoms with Crippen molar-refractivity contribution in [3.63, 3.8) is 0 Å². The van der Waals surface area contributed by atoms with E-state index in [4.69, 9.17) is 18.8 Å². The molecule has 2 heterocycles. The van der Waals surface area contributed by atoms with Crippen LogP contribution in [0.15, 0.2) is 60.7 Å². The summed E-state index contributed by atoms with van der Waals surface area (Å²) in [6.45, 7) is 9.77. The van der Waals surface area contributed by atoms with Gasteiger partial charge in [-0.15, -0.1) is 0 Å². The summed E-state index contributed by atoms with van der Waals surface area (Å²) in [5, 5.41) is 12.5. The first-order valence-electron chi connectivity index (χ1n) is 15.3. The highest BCUT2D eigenvalue weighted by atomic mass is 16.7. The van der Waals surface area contributed by atoms with E-state index in [-0.39, 0.29) is 39.3 Å². The molecule has 2 aliphatic heterocycles. The topological polar surface area (TPSA) is 124 Å². The van der Waals surface area contributed by atoms with Gasteiger partial charge in [0.1, 0.15) is 19.3 Å². The van der Waals surface area contributed by atoms with E-state index in [0.29, 0.717) is 19.2 Å². The fourth-order valence-electron chi connectivity index (χ4n) is 5.68. The summed E-state index contributed by atoms with van der Waals surface area (Å²) in [6.07, 6.45) is 1.16. The molecule has 10 nitrogen and oxygen atoms in total. The first kappa shape index (κ1) is 33.5. The molecule has 2 N–H and O–H groups in total. The van der Waals surface area contributed by atoms with Gasteiger partial charge in [0, 0.05) is 13.1 Å². The average molecular weight is 609 g/mol. The lowest BCUT2D eigenvalue weighted by atomic mass is 9.74. The lowest BCUT2D eigenvalue weighted by Gasteiger charge is -2.32. The third-order valence-corrected chi connectivity index (χ3v) is 9.13. The highest BCUT2D eigenvalue weighted by Crippen LogP contribution is 2.42. The summed E-state index contributed by atoms with van der Waals surface area (Å²) >= 11 is 0. The van der Waals surface area contributed by atoms with Crippen molar-refractivity contribution < 1.29 is 38.3 Å². The number of aliphatic hydroxyl groups excluding tert-OH is 1. The standard InChI is InChI=1S/C33H45BN2O8/c1-31(2)32(3,4)44-34(43-31)18-12-17-26-19-36(23-33(26,5)29(39)41-21-24-13-8-6-9-14-24)28(38)27(20-37)35-30(40)42-22-25-15-10-7-11-16-25/h6-11,13-16,26-27,37H,12,17-23H2,1-5H3,(H,35,40)/t26-,27-,33+/m0/s1. The maximum atomic E-state index is 13.6. The molecule has 0 spiro atoms. The number of benzene rings is 2. The van der Waals surface area contributed by atoms with Crippen molar-refractivity contribution in [1.82, 2.24) is 10.2 Å². The largest absolute Gasteiger partial charge is 0.460 e. The molecule has 0 saturated carbocycles. The van der Waals surface area contributed by atoms with Gasteiger partial charge in [-0.3, -0.25) is 9.59 Å². The van der Waals surface area contributed by atoms with Gasteiger partial charge in [-0.2, -0.15) is 0 Å². The Morgan fingerprint density at radius 3 is 2.02 bits per heavy atom. The molecule has 2 aliphatic rings. The van der Waals surface area contributed by atoms with Gasteiger partial charge < -0.3 is 34.1 Å². The predicted octanol–water partition coefficient (Wildman–Crippen LogP) is 4.35. The first-order valence-corrected chi connectivity index (χ1v) is 15.3. The van der Waals surface area contributed by atoms with Gasteiger partial charge in [0.25, 0.3) is 0 Å². The number of carbonyl (C=O) groups is 3. The van der Waals surface area contributed by atoms with E-state index >= 15 is 0 Å². The number of ether oxygens (including phenoxy) is 2. The van der Waals surface area contributed by atoms with E-state index in [0.717, 1.165) is 11.1 Å². The zero-order valence-corrected chi connectivity index (χ0v) is 26.4. The number of amides is 2. The molecule has 0 aromatic heterocycles. The minimum absolute atomic E-state index is 0.0267. The van der Waals surface area contributed by atoms with Crippen LogP contribution in [0.2, 0.25) is 6.32 Å². The number of aliphatic hydroxyl groups is 1. The summed E-state index contributed by atoms with van der Waals surface area (Å²) in [5.74, 6) is -1.10. The average Bonchev–Trinajstić information content (AvgIpc) is 3.45. The van der Waals surface area contributed by atoms with Crippen LogP contribution in [0, 0.1) is 11.3 Å². The minimum atomic E-state index is -1.22. The molecule has 0 radical (unpaired) electrons. The molecule has 3 atom stereocenters. The Kier molecular flexibility index (Phi) is 10.8. The van der Waals surface area contributed by atoms with Gasteiger partial charge in [-0.25, -0.2) is 4.79 Å². The molecule has 2 amide bonds. The summed E-state index contributed by atoms with van der Waals surface area (Å²) < 4.78 is 23.3. The van der Waals surface area contributed by atoms with E-state index in [1.807, 2.05) is 95.3 Å². The van der Waals surface area contributed by atoms with E-state index in [2.05, 4.69) is 5.32 Å². The minimum Gasteiger partial charge on any atom is -0.460 e. The second kappa shape index (κ2) is 14.1. The Morgan fingerprint density at radius 2 is 1.48 bits per heavy atom. The van der Waals surface area contributed by atoms with E-state index < -0.39 is 47.2 Å². The van der Waals surface area contributed by atoms with Crippen LogP contribution in [0.25, 0.3) is 0 Å². The maximum Gasteiger partial charge on any atom is 0.457 e. The van der Waals surface area contributed by atoms with Gasteiger partial charge in [-0.1, -0.05) is 67.1 Å². The zero-order chi connectivity index (χ0) is 32.0. The van der Waals surface area contributed by atoms with Crippen LogP contribution in [-0.4, -0.2) is 72.0 Å². The number of nitrogens with zero attached hydrogens (tertiary/aromatic N) is 1. The van der Waals surface area contributed by atoms with Crippen molar-refractivity contribution in [2.24, 2.45) is 11.3 Å². The third kappa shape index (κ3) is 8.00. The van der Waals surface area contributed by atoms with Crippen molar-refractivity contribution >= 4 is 25.1 Å². The van der Waals surface area contributed by atoms with Crippen LogP contribution >= 0.6 is 0 Å². The molecule has 2 aromatic rings. The Balaban J connectivity index is 1.40. The SMILES string of the molecule is CC1(C)OB(CCC[C@H]2CN(C(=O)[C@H](CO)NC(=O)OCc3ccccc3)C[C@@]2(C)C(=O)OCc2ccccc2)OC1(C)C. The highest BCUT2D eigenvalue weighted by molar-refractivity contribution is 6.45. The molecule has 0 unspecified atom stereocenters. The molecule has 238 valence electrons. The molecule has 2 aromatic carbocycles. The van der Waals surface area contributed by atoms with Crippen LogP contribution in [-0.2, 0) is 41.6 Å². The first-order chi connectivity index (χ1) is 20.8. The summed E-state index contributed by atoms with van der Waals surface area (Å²) in [7, 11) is -0.361. The zero-order valence-electron chi connectivity index (χ0n) is 26.4. The number of rotatable bonds is 12. The smallest absolute Gasteiger partial charge is 0.457 e. The molecule has 44 heavy (non-hydrogen) atoms. The van der Waals surface area contributed by atoms with Gasteiger partial charge in [0.05, 0.1) is 23.2 Å². The van der Waals surface area contributed by atoms with E-state index in [9.17, 15) is 19.5 Å². The summed E-state index contributed by atoms with van der Waals surface area (Å²) in [6, 6.07) is 17.4. The molecule has 11 heteroatoms. The summed E-state index contributed by atoms with van der Waals surface area (Å²) in [5.41, 5.74) is -0.195. The normalized spacial score (nSPS) is 22.8. The Hall–Kier alpha value is -3.41. The van der Waals surface area contributed by atoms with Gasteiger partial charge in [-0.05, 0) is 64.4 Å². The summed E-state index contributed by atoms with van der Waals surface area (Å²) in [4.78, 5) is 41.1. The van der Waals surface area contributed by atoms with Crippen molar-refractivity contribution in [2.45, 2.75) is 84.2 Å². The van der Waals surface area contributed by atoms with Crippen LogP contribution in [0.3, 0.4) is 0 Å². The Morgan fingerprint density at radius 1 is 0.932 bits per heavy atom. The van der Waals surface area contributed by atoms with Gasteiger partial charge in [0.15, 0.2) is 0 Å². The number of nitrogens with one attached hydrogen (secondary N) is 1. The van der Waals surface area contributed by atoms with Crippen molar-refractivity contribution in [2.75, 3.05) is 19.7 Å². The molecule has 0 aliphatic carbocycles. The Bertz CT molecular complexity index is 1260. The number of hydrogen-bond acceptors (Lipinski definition) is 8. The van der Waals surface area contributed by atoms with E-state index in [1.165, 1.54) is 4.90 Å². The van der Waals surface area contributed by atoms with Crippen molar-refractivity contribution in [1.29, 1.82) is 0 Å². The lowest BCUT2D eigenvalue weighted by molar-refractivity contribution is -0.158. The predicted molar refractivity (Wildman–Crippen MR) is 165 cm³/mol. The third-order valence-electron chi connectivity index (χ3n) is 9.13. The van der Waals surface area contributed by atoms with Crippen molar-refractivity contribution in [3.05, 3.63) is 71.8 Å². The second-order valence-corrected chi connectivity index (χ2v) is 13.0. The number of carbonyl (C=O) groups excluding carboxylic acids is 3. The molecule has 2 fully saturated rings. The number of hydrogen-bond donors (Lipinski definition) is 2. The van der Waals surface area contributed by atoms with E-state index in [1.54, 1.807) is 0 Å². The quantitative estimate of drug-likeness (QED) is 0.269. The lowest BCUT2D eigenvalue weighted by Crippen LogP contribution is -2.50. The molecule has 2 saturated heterocycles. The van der Waals surface area contributed by atoms with Crippen LogP contribution < -0.4 is 5.32 Å². The number of likely N-dealkylation sites (tertiary alicyclic amines) is 1. The van der Waals surface area contributed by atoms with Crippen LogP contribution in [0.4, 0.5) is 4.79 Å². The van der Waals surface area contributed by atoms with Crippen LogP contribution in [0.5, 0.6) is 0 Å². The van der Waals surface area contributed by atoms with Crippen LogP contribution in [0.1, 0.15) is 58.6 Å². The highest BCUT2D eigenvalue weighted by Gasteiger charge is 2.53. The number of alkyl carbamates (subject to hydrolysis) is 1. The number of esters is 1. The van der Waals surface area contributed by atoms with Gasteiger partial charge in [0.2, 0.25) is 5.91 Å². The molecular formula is C33H45BN2O8. The van der Waals surface area contributed by atoms with Crippen molar-refractivity contribution in [3.8, 4) is 0 Å². The fourth-order valence-corrected chi connectivity index (χ4v) is 5.68. The van der Waals surface area contributed by atoms with Gasteiger partial charge >= 0.3 is 19.2 Å². The molecule has 4 rings (SSSR count). The molecule has 0 bridgehead atoms. The fraction of sp³-hybridized carbons (Fsp3) is 0.545. The Labute approximate surface area is 260 Å². The second-order valence-electron chi connectivity index (χ2n) is 13.0.